The molecule has 0 saturated carbocycles. The molecule has 0 aliphatic rings. The lowest BCUT2D eigenvalue weighted by atomic mass is 10.5. The molecule has 4 heteroatoms. The van der Waals surface area contributed by atoms with Gasteiger partial charge in [-0.2, -0.15) is 0 Å². The predicted molar refractivity (Wildman–Crippen MR) is 58.9 cm³/mol. The van der Waals surface area contributed by atoms with Crippen LogP contribution in [0.3, 0.4) is 0 Å². The molecule has 0 unspecified atom stereocenters. The first-order chi connectivity index (χ1) is 6.35. The van der Waals surface area contributed by atoms with Crippen molar-refractivity contribution in [1.82, 2.24) is 0 Å². The minimum Gasteiger partial charge on any atom is -0.397 e. The summed E-state index contributed by atoms with van der Waals surface area (Å²) in [5, 5.41) is 0. The van der Waals surface area contributed by atoms with Crippen LogP contribution in [0.1, 0.15) is 27.2 Å². The Morgan fingerprint density at radius 2 is 1.85 bits per heavy atom. The zero-order valence-corrected chi connectivity index (χ0v) is 10.1. The molecule has 0 aliphatic carbocycles. The van der Waals surface area contributed by atoms with E-state index in [-0.39, 0.29) is 0 Å². The van der Waals surface area contributed by atoms with Crippen LogP contribution in [0.25, 0.3) is 0 Å². The lowest BCUT2D eigenvalue weighted by Gasteiger charge is -2.13. The summed E-state index contributed by atoms with van der Waals surface area (Å²) in [6.07, 6.45) is 2.93. The van der Waals surface area contributed by atoms with Crippen molar-refractivity contribution in [3.05, 3.63) is 0 Å². The van der Waals surface area contributed by atoms with E-state index in [1.807, 2.05) is 27.0 Å². The highest BCUT2D eigenvalue weighted by atomic mass is 28.3. The maximum Gasteiger partial charge on any atom is 0.321 e. The van der Waals surface area contributed by atoms with Gasteiger partial charge in [0.15, 0.2) is 0 Å². The molecule has 0 spiro atoms. The number of nitrogens with zero attached hydrogens (tertiary/aromatic N) is 1. The van der Waals surface area contributed by atoms with E-state index in [9.17, 15) is 0 Å². The average molecular weight is 203 g/mol. The fourth-order valence-electron chi connectivity index (χ4n) is 1.06. The molecule has 0 atom stereocenters. The van der Waals surface area contributed by atoms with Crippen LogP contribution in [0.5, 0.6) is 0 Å². The Bertz CT molecular complexity index is 125. The van der Waals surface area contributed by atoms with Gasteiger partial charge in [0.1, 0.15) is 0 Å². The topological polar surface area (TPSA) is 30.8 Å². The van der Waals surface area contributed by atoms with Gasteiger partial charge in [-0.1, -0.05) is 0 Å². The highest BCUT2D eigenvalue weighted by Gasteiger charge is 2.10. The maximum atomic E-state index is 5.53. The van der Waals surface area contributed by atoms with Gasteiger partial charge in [0, 0.05) is 19.8 Å². The molecule has 0 rings (SSSR count). The maximum absolute atomic E-state index is 5.53. The highest BCUT2D eigenvalue weighted by molar-refractivity contribution is 6.44. The van der Waals surface area contributed by atoms with E-state index in [2.05, 4.69) is 4.99 Å². The third kappa shape index (κ3) is 8.15. The molecule has 0 N–H and O–H groups in total. The molecule has 78 valence electrons. The molecule has 0 aliphatic heterocycles. The minimum atomic E-state index is -1.35. The fourth-order valence-corrected chi connectivity index (χ4v) is 2.75. The van der Waals surface area contributed by atoms with Crippen molar-refractivity contribution in [2.45, 2.75) is 33.2 Å². The van der Waals surface area contributed by atoms with Crippen molar-refractivity contribution < 1.29 is 8.85 Å². The number of aliphatic imine (C=N–C) groups is 1. The summed E-state index contributed by atoms with van der Waals surface area (Å²) >= 11 is 0. The molecule has 0 heterocycles. The lowest BCUT2D eigenvalue weighted by Crippen LogP contribution is -2.22. The molecule has 0 fully saturated rings. The fraction of sp³-hybridized carbons (Fsp3) is 0.889. The SMILES string of the molecule is CC=NCCC[SiH](OCC)OCC. The van der Waals surface area contributed by atoms with Crippen LogP contribution < -0.4 is 0 Å². The van der Waals surface area contributed by atoms with Crippen LogP contribution in [0, 0.1) is 0 Å². The second kappa shape index (κ2) is 9.89. The smallest absolute Gasteiger partial charge is 0.321 e. The standard InChI is InChI=1S/C9H21NO2Si/c1-4-10-8-7-9-13(11-5-2)12-6-3/h4,13H,5-9H2,1-3H3. The molecule has 0 amide bonds. The van der Waals surface area contributed by atoms with Crippen molar-refractivity contribution in [2.24, 2.45) is 4.99 Å². The number of hydrogen-bond donors (Lipinski definition) is 0. The van der Waals surface area contributed by atoms with E-state index in [1.165, 1.54) is 0 Å². The van der Waals surface area contributed by atoms with Gasteiger partial charge in [0.05, 0.1) is 0 Å². The minimum absolute atomic E-state index is 0.772. The average Bonchev–Trinajstić information content (AvgIpc) is 2.13. The van der Waals surface area contributed by atoms with Gasteiger partial charge in [0.2, 0.25) is 0 Å². The summed E-state index contributed by atoms with van der Waals surface area (Å²) in [7, 11) is -1.35. The van der Waals surface area contributed by atoms with Crippen LogP contribution >= 0.6 is 0 Å². The van der Waals surface area contributed by atoms with Gasteiger partial charge in [0.25, 0.3) is 0 Å². The molecular formula is C9H21NO2Si. The van der Waals surface area contributed by atoms with E-state index in [1.54, 1.807) is 0 Å². The Morgan fingerprint density at radius 1 is 1.23 bits per heavy atom. The molecule has 3 nitrogen and oxygen atoms in total. The monoisotopic (exact) mass is 203 g/mol. The summed E-state index contributed by atoms with van der Waals surface area (Å²) in [6.45, 7) is 8.43. The summed E-state index contributed by atoms with van der Waals surface area (Å²) in [5.74, 6) is 0. The Kier molecular flexibility index (Phi) is 9.74. The van der Waals surface area contributed by atoms with Gasteiger partial charge < -0.3 is 8.85 Å². The van der Waals surface area contributed by atoms with E-state index < -0.39 is 9.28 Å². The quantitative estimate of drug-likeness (QED) is 0.342. The largest absolute Gasteiger partial charge is 0.397 e. The van der Waals surface area contributed by atoms with Crippen LogP contribution in [0.15, 0.2) is 4.99 Å². The Labute approximate surface area is 83.0 Å². The molecule has 0 radical (unpaired) electrons. The first kappa shape index (κ1) is 12.8. The summed E-state index contributed by atoms with van der Waals surface area (Å²) in [5.41, 5.74) is 0. The van der Waals surface area contributed by atoms with Gasteiger partial charge in [-0.15, -0.1) is 0 Å². The number of hydrogen-bond acceptors (Lipinski definition) is 3. The second-order valence-electron chi connectivity index (χ2n) is 2.65. The molecule has 0 aromatic heterocycles. The Hall–Kier alpha value is -0.193. The van der Waals surface area contributed by atoms with Gasteiger partial charge in [-0.25, -0.2) is 0 Å². The molecule has 0 bridgehead atoms. The summed E-state index contributed by atoms with van der Waals surface area (Å²) < 4.78 is 11.1. The van der Waals surface area contributed by atoms with Gasteiger partial charge in [-0.3, -0.25) is 4.99 Å². The zero-order valence-electron chi connectivity index (χ0n) is 8.95. The third-order valence-electron chi connectivity index (χ3n) is 1.61. The van der Waals surface area contributed by atoms with Crippen LogP contribution in [-0.4, -0.2) is 35.3 Å². The van der Waals surface area contributed by atoms with E-state index in [0.717, 1.165) is 32.2 Å². The van der Waals surface area contributed by atoms with E-state index >= 15 is 0 Å². The van der Waals surface area contributed by atoms with Crippen molar-refractivity contribution >= 4 is 15.5 Å². The highest BCUT2D eigenvalue weighted by Crippen LogP contribution is 2.01. The predicted octanol–water partition coefficient (Wildman–Crippen LogP) is 1.76. The normalized spacial score (nSPS) is 11.7. The molecular weight excluding hydrogens is 182 g/mol. The van der Waals surface area contributed by atoms with Crippen LogP contribution in [0.2, 0.25) is 6.04 Å². The van der Waals surface area contributed by atoms with Crippen molar-refractivity contribution in [1.29, 1.82) is 0 Å². The van der Waals surface area contributed by atoms with Crippen molar-refractivity contribution in [2.75, 3.05) is 19.8 Å². The lowest BCUT2D eigenvalue weighted by molar-refractivity contribution is 0.213. The van der Waals surface area contributed by atoms with Crippen molar-refractivity contribution in [3.63, 3.8) is 0 Å². The van der Waals surface area contributed by atoms with E-state index in [0.29, 0.717) is 0 Å². The molecule has 0 aromatic carbocycles. The molecule has 0 saturated heterocycles. The summed E-state index contributed by atoms with van der Waals surface area (Å²) in [6, 6.07) is 1.07. The van der Waals surface area contributed by atoms with E-state index in [4.69, 9.17) is 8.85 Å². The van der Waals surface area contributed by atoms with Gasteiger partial charge >= 0.3 is 9.28 Å². The number of rotatable bonds is 8. The van der Waals surface area contributed by atoms with Crippen molar-refractivity contribution in [3.8, 4) is 0 Å². The molecule has 0 aromatic rings. The molecule has 13 heavy (non-hydrogen) atoms. The zero-order chi connectivity index (χ0) is 9.94. The Balaban J connectivity index is 3.43. The second-order valence-corrected chi connectivity index (χ2v) is 4.75. The van der Waals surface area contributed by atoms with Crippen LogP contribution in [0.4, 0.5) is 0 Å². The third-order valence-corrected chi connectivity index (χ3v) is 3.90. The van der Waals surface area contributed by atoms with Gasteiger partial charge in [-0.05, 0) is 39.5 Å². The first-order valence-corrected chi connectivity index (χ1v) is 6.78. The van der Waals surface area contributed by atoms with Crippen LogP contribution in [-0.2, 0) is 8.85 Å². The Morgan fingerprint density at radius 3 is 2.31 bits per heavy atom. The first-order valence-electron chi connectivity index (χ1n) is 5.02. The summed E-state index contributed by atoms with van der Waals surface area (Å²) in [4.78, 5) is 4.15.